The molecule has 0 aliphatic carbocycles. The minimum absolute atomic E-state index is 0.0506. The minimum Gasteiger partial charge on any atom is -0.483 e. The Morgan fingerprint density at radius 1 is 0.558 bits per heavy atom. The SMILES string of the molecule is [2H]c1c([2H])c([2H])c2c(c1[2H])c1c([2H])c([2H])c([2H])c([2H])c1n2-c1ccc2c(c1)c1ccccc1n2-c1ccc2c(c1)nc1n2-c2ccccc2OC1. The molecule has 0 N–H and O–H groups in total. The van der Waals surface area contributed by atoms with E-state index < -0.39 is 24.2 Å². The molecule has 0 amide bonds. The van der Waals surface area contributed by atoms with E-state index >= 15 is 0 Å². The molecule has 1 aliphatic heterocycles. The average molecular weight is 561 g/mol. The fraction of sp³-hybridized carbons (Fsp3) is 0.0263. The zero-order valence-electron chi connectivity index (χ0n) is 30.5. The second kappa shape index (κ2) is 8.37. The molecule has 1 aliphatic rings. The van der Waals surface area contributed by atoms with Crippen molar-refractivity contribution in [1.82, 2.24) is 18.7 Å². The van der Waals surface area contributed by atoms with E-state index in [2.05, 4.69) is 27.3 Å². The number of benzene rings is 6. The number of nitrogens with zero attached hydrogens (tertiary/aromatic N) is 4. The molecular formula is C38H24N4O. The molecule has 5 nitrogen and oxygen atoms in total. The number of rotatable bonds is 2. The molecule has 0 spiro atoms. The Morgan fingerprint density at radius 2 is 1.21 bits per heavy atom. The van der Waals surface area contributed by atoms with Gasteiger partial charge in [-0.05, 0) is 66.7 Å². The predicted octanol–water partition coefficient (Wildman–Crippen LogP) is 9.11. The number of aromatic nitrogens is 4. The normalized spacial score (nSPS) is 15.3. The second-order valence-corrected chi connectivity index (χ2v) is 10.6. The maximum atomic E-state index is 8.91. The molecule has 43 heavy (non-hydrogen) atoms. The van der Waals surface area contributed by atoms with E-state index in [4.69, 9.17) is 20.7 Å². The number of imidazole rings is 1. The van der Waals surface area contributed by atoms with Crippen LogP contribution in [-0.2, 0) is 6.61 Å². The molecule has 0 saturated carbocycles. The van der Waals surface area contributed by atoms with Crippen LogP contribution < -0.4 is 4.74 Å². The zero-order valence-corrected chi connectivity index (χ0v) is 22.5. The second-order valence-electron chi connectivity index (χ2n) is 10.6. The van der Waals surface area contributed by atoms with Crippen LogP contribution in [0.15, 0.2) is 133 Å². The van der Waals surface area contributed by atoms with Crippen molar-refractivity contribution in [2.75, 3.05) is 0 Å². The smallest absolute Gasteiger partial charge is 0.152 e. The van der Waals surface area contributed by atoms with Crippen molar-refractivity contribution in [2.45, 2.75) is 6.61 Å². The quantitative estimate of drug-likeness (QED) is 0.211. The number of hydrogen-bond acceptors (Lipinski definition) is 2. The maximum absolute atomic E-state index is 8.91. The number of hydrogen-bond donors (Lipinski definition) is 0. The van der Waals surface area contributed by atoms with Gasteiger partial charge in [-0.15, -0.1) is 0 Å². The van der Waals surface area contributed by atoms with E-state index in [9.17, 15) is 0 Å². The van der Waals surface area contributed by atoms with Crippen LogP contribution in [0, 0.1) is 0 Å². The number of para-hydroxylation sites is 5. The zero-order chi connectivity index (χ0) is 35.0. The molecule has 0 saturated heterocycles. The van der Waals surface area contributed by atoms with Crippen molar-refractivity contribution in [2.24, 2.45) is 0 Å². The summed E-state index contributed by atoms with van der Waals surface area (Å²) >= 11 is 0. The fourth-order valence-electron chi connectivity index (χ4n) is 6.59. The lowest BCUT2D eigenvalue weighted by Crippen LogP contribution is -2.12. The third-order valence-electron chi connectivity index (χ3n) is 8.38. The summed E-state index contributed by atoms with van der Waals surface area (Å²) in [5.74, 6) is 1.62. The highest BCUT2D eigenvalue weighted by molar-refractivity contribution is 6.12. The van der Waals surface area contributed by atoms with Gasteiger partial charge in [0.1, 0.15) is 12.4 Å². The summed E-state index contributed by atoms with van der Waals surface area (Å²) in [7, 11) is 0. The molecule has 9 aromatic rings. The molecular weight excluding hydrogens is 528 g/mol. The molecule has 0 bridgehead atoms. The highest BCUT2D eigenvalue weighted by Gasteiger charge is 2.22. The van der Waals surface area contributed by atoms with E-state index in [1.165, 1.54) is 0 Å². The van der Waals surface area contributed by atoms with Crippen LogP contribution in [-0.4, -0.2) is 18.7 Å². The van der Waals surface area contributed by atoms with E-state index in [1.807, 2.05) is 66.7 Å². The first-order chi connectivity index (χ1) is 24.7. The van der Waals surface area contributed by atoms with Crippen LogP contribution in [0.2, 0.25) is 0 Å². The van der Waals surface area contributed by atoms with E-state index in [0.717, 1.165) is 55.8 Å². The van der Waals surface area contributed by atoms with Gasteiger partial charge in [0.2, 0.25) is 0 Å². The van der Waals surface area contributed by atoms with Crippen molar-refractivity contribution in [3.05, 3.63) is 139 Å². The van der Waals surface area contributed by atoms with Gasteiger partial charge in [-0.2, -0.15) is 0 Å². The summed E-state index contributed by atoms with van der Waals surface area (Å²) in [6.07, 6.45) is 0. The molecule has 0 radical (unpaired) electrons. The molecule has 0 atom stereocenters. The van der Waals surface area contributed by atoms with Gasteiger partial charge in [-0.25, -0.2) is 4.98 Å². The van der Waals surface area contributed by atoms with Crippen molar-refractivity contribution in [1.29, 1.82) is 0 Å². The monoisotopic (exact) mass is 560 g/mol. The van der Waals surface area contributed by atoms with Crippen LogP contribution in [0.4, 0.5) is 0 Å². The Balaban J connectivity index is 1.25. The van der Waals surface area contributed by atoms with Crippen molar-refractivity contribution >= 4 is 54.6 Å². The highest BCUT2D eigenvalue weighted by atomic mass is 16.5. The third-order valence-corrected chi connectivity index (χ3v) is 8.38. The maximum Gasteiger partial charge on any atom is 0.152 e. The number of fused-ring (bicyclic) bond motifs is 11. The lowest BCUT2D eigenvalue weighted by molar-refractivity contribution is 0.280. The Bertz CT molecular complexity index is 2960. The molecule has 0 fully saturated rings. The van der Waals surface area contributed by atoms with Crippen LogP contribution in [0.25, 0.3) is 71.7 Å². The van der Waals surface area contributed by atoms with Gasteiger partial charge in [0.05, 0.1) is 49.8 Å². The summed E-state index contributed by atoms with van der Waals surface area (Å²) in [6, 6.07) is 24.5. The summed E-state index contributed by atoms with van der Waals surface area (Å²) in [5.41, 5.74) is 6.11. The van der Waals surface area contributed by atoms with Gasteiger partial charge in [-0.1, -0.05) is 66.6 Å². The molecule has 5 heteroatoms. The summed E-state index contributed by atoms with van der Waals surface area (Å²) in [5, 5.41) is 1.89. The third kappa shape index (κ3) is 3.08. The molecule has 3 aromatic heterocycles. The largest absolute Gasteiger partial charge is 0.483 e. The van der Waals surface area contributed by atoms with Gasteiger partial charge >= 0.3 is 0 Å². The van der Waals surface area contributed by atoms with Crippen molar-refractivity contribution in [3.63, 3.8) is 0 Å². The Kier molecular flexibility index (Phi) is 3.23. The minimum atomic E-state index is -0.468. The standard InChI is InChI=1S/C38H24N4O/c1-4-12-31-26(9-1)27-10-2-5-13-32(27)40(31)24-17-19-34-29(21-24)28-11-3-6-14-33(28)41(34)25-18-20-35-30(22-25)39-38-23-43-37-16-8-7-15-36(37)42(35)38/h1-22H,23H2/i1D,2D,4D,5D,9D,10D,12D,13D. The van der Waals surface area contributed by atoms with Crippen LogP contribution >= 0.6 is 0 Å². The Hall–Kier alpha value is -5.81. The molecule has 10 rings (SSSR count). The average Bonchev–Trinajstić information content (AvgIpc) is 3.82. The van der Waals surface area contributed by atoms with Gasteiger partial charge in [0.25, 0.3) is 0 Å². The molecule has 6 aromatic carbocycles. The summed E-state index contributed by atoms with van der Waals surface area (Å²) in [6.45, 7) is 0.362. The van der Waals surface area contributed by atoms with Gasteiger partial charge < -0.3 is 13.9 Å². The van der Waals surface area contributed by atoms with E-state index in [1.54, 1.807) is 4.57 Å². The fourth-order valence-corrected chi connectivity index (χ4v) is 6.59. The van der Waals surface area contributed by atoms with Crippen molar-refractivity contribution < 1.29 is 15.7 Å². The van der Waals surface area contributed by atoms with Crippen LogP contribution in [0.3, 0.4) is 0 Å². The Labute approximate surface area is 257 Å². The predicted molar refractivity (Wildman–Crippen MR) is 174 cm³/mol. The first-order valence-corrected chi connectivity index (χ1v) is 13.9. The first-order valence-electron chi connectivity index (χ1n) is 17.9. The van der Waals surface area contributed by atoms with E-state index in [0.29, 0.717) is 12.3 Å². The summed E-state index contributed by atoms with van der Waals surface area (Å²) < 4.78 is 80.9. The summed E-state index contributed by atoms with van der Waals surface area (Å²) in [4.78, 5) is 4.94. The highest BCUT2D eigenvalue weighted by Crippen LogP contribution is 2.38. The van der Waals surface area contributed by atoms with Gasteiger partial charge in [0, 0.05) is 32.9 Å². The van der Waals surface area contributed by atoms with Crippen molar-refractivity contribution in [3.8, 4) is 22.8 Å². The lowest BCUT2D eigenvalue weighted by atomic mass is 10.1. The lowest BCUT2D eigenvalue weighted by Gasteiger charge is -2.19. The van der Waals surface area contributed by atoms with E-state index in [-0.39, 0.29) is 46.0 Å². The molecule has 202 valence electrons. The first kappa shape index (κ1) is 16.6. The van der Waals surface area contributed by atoms with Gasteiger partial charge in [0.15, 0.2) is 5.82 Å². The molecule has 4 heterocycles. The topological polar surface area (TPSA) is 36.9 Å². The van der Waals surface area contributed by atoms with Crippen LogP contribution in [0.1, 0.15) is 16.8 Å². The number of ether oxygens (including phenoxy) is 1. The van der Waals surface area contributed by atoms with Crippen LogP contribution in [0.5, 0.6) is 5.75 Å². The molecule has 0 unspecified atom stereocenters. The van der Waals surface area contributed by atoms with Gasteiger partial charge in [-0.3, -0.25) is 4.57 Å². The Morgan fingerprint density at radius 3 is 2.05 bits per heavy atom.